The summed E-state index contributed by atoms with van der Waals surface area (Å²) in [6.07, 6.45) is -2.12. The molecule has 0 spiro atoms. The molecule has 1 aromatic rings. The minimum Gasteiger partial charge on any atom is -0.378 e. The van der Waals surface area contributed by atoms with Crippen LogP contribution in [0.4, 0.5) is 18.9 Å². The molecule has 174 valence electrons. The van der Waals surface area contributed by atoms with E-state index in [1.54, 1.807) is 12.1 Å². The van der Waals surface area contributed by atoms with E-state index < -0.39 is 11.7 Å². The maximum atomic E-state index is 13.8. The highest BCUT2D eigenvalue weighted by molar-refractivity contribution is 5.79. The molecule has 2 aliphatic rings. The van der Waals surface area contributed by atoms with E-state index in [-0.39, 0.29) is 12.1 Å². The van der Waals surface area contributed by atoms with Crippen molar-refractivity contribution < 1.29 is 17.9 Å². The van der Waals surface area contributed by atoms with Gasteiger partial charge in [0, 0.05) is 37.9 Å². The third-order valence-corrected chi connectivity index (χ3v) is 5.94. The first-order valence-electron chi connectivity index (χ1n) is 11.2. The number of hydrogen-bond donors (Lipinski definition) is 2. The number of anilines is 1. The molecule has 1 unspecified atom stereocenters. The molecule has 1 aromatic carbocycles. The predicted molar refractivity (Wildman–Crippen MR) is 118 cm³/mol. The van der Waals surface area contributed by atoms with Gasteiger partial charge in [-0.25, -0.2) is 4.99 Å². The van der Waals surface area contributed by atoms with Gasteiger partial charge in [-0.2, -0.15) is 13.2 Å². The van der Waals surface area contributed by atoms with Crippen LogP contribution in [0, 0.1) is 0 Å². The van der Waals surface area contributed by atoms with E-state index in [1.807, 2.05) is 11.8 Å². The van der Waals surface area contributed by atoms with E-state index in [2.05, 4.69) is 27.4 Å². The fourth-order valence-electron chi connectivity index (χ4n) is 4.25. The van der Waals surface area contributed by atoms with Crippen LogP contribution in [0.15, 0.2) is 23.2 Å². The van der Waals surface area contributed by atoms with Crippen LogP contribution in [-0.4, -0.2) is 69.4 Å². The molecule has 6 nitrogen and oxygen atoms in total. The van der Waals surface area contributed by atoms with Crippen molar-refractivity contribution in [3.8, 4) is 0 Å². The zero-order valence-electron chi connectivity index (χ0n) is 18.5. The van der Waals surface area contributed by atoms with Crippen LogP contribution in [0.3, 0.4) is 0 Å². The molecule has 2 heterocycles. The van der Waals surface area contributed by atoms with Gasteiger partial charge in [0.15, 0.2) is 5.96 Å². The van der Waals surface area contributed by atoms with Crippen molar-refractivity contribution in [3.63, 3.8) is 0 Å². The lowest BCUT2D eigenvalue weighted by atomic mass is 10.1. The van der Waals surface area contributed by atoms with Gasteiger partial charge in [0.25, 0.3) is 0 Å². The van der Waals surface area contributed by atoms with Crippen molar-refractivity contribution in [2.75, 3.05) is 57.4 Å². The normalized spacial score (nSPS) is 20.9. The molecule has 0 radical (unpaired) electrons. The molecule has 2 saturated heterocycles. The number of alkyl halides is 3. The number of rotatable bonds is 7. The largest absolute Gasteiger partial charge is 0.416 e. The van der Waals surface area contributed by atoms with E-state index in [0.29, 0.717) is 50.5 Å². The van der Waals surface area contributed by atoms with E-state index in [0.717, 1.165) is 26.1 Å². The van der Waals surface area contributed by atoms with Gasteiger partial charge in [-0.15, -0.1) is 0 Å². The molecule has 1 atom stereocenters. The van der Waals surface area contributed by atoms with Crippen molar-refractivity contribution in [3.05, 3.63) is 29.3 Å². The number of guanidine groups is 1. The highest BCUT2D eigenvalue weighted by Gasteiger charge is 2.34. The molecule has 2 fully saturated rings. The number of benzene rings is 1. The maximum absolute atomic E-state index is 13.8. The molecule has 31 heavy (non-hydrogen) atoms. The molecule has 2 aliphatic heterocycles. The molecule has 2 N–H and O–H groups in total. The second-order valence-electron chi connectivity index (χ2n) is 7.94. The number of aliphatic imine (C=N–C) groups is 1. The Morgan fingerprint density at radius 1 is 1.16 bits per heavy atom. The Hall–Kier alpha value is -2.00. The number of morpholine rings is 1. The number of nitrogens with zero attached hydrogens (tertiary/aromatic N) is 3. The quantitative estimate of drug-likeness (QED) is 0.503. The Kier molecular flexibility index (Phi) is 8.43. The molecule has 0 bridgehead atoms. The monoisotopic (exact) mass is 441 g/mol. The molecule has 9 heteroatoms. The Morgan fingerprint density at radius 2 is 1.94 bits per heavy atom. The summed E-state index contributed by atoms with van der Waals surface area (Å²) in [5, 5.41) is 6.46. The van der Waals surface area contributed by atoms with E-state index in [4.69, 9.17) is 4.74 Å². The Balaban J connectivity index is 1.72. The van der Waals surface area contributed by atoms with Crippen molar-refractivity contribution in [2.24, 2.45) is 4.99 Å². The summed E-state index contributed by atoms with van der Waals surface area (Å²) >= 11 is 0. The first kappa shape index (κ1) is 23.7. The van der Waals surface area contributed by atoms with Gasteiger partial charge < -0.3 is 20.3 Å². The van der Waals surface area contributed by atoms with Gasteiger partial charge in [0.2, 0.25) is 0 Å². The number of nitrogens with one attached hydrogen (secondary N) is 2. The van der Waals surface area contributed by atoms with Gasteiger partial charge >= 0.3 is 6.18 Å². The van der Waals surface area contributed by atoms with E-state index in [1.165, 1.54) is 12.5 Å². The number of halogens is 3. The minimum absolute atomic E-state index is 0.0320. The Labute approximate surface area is 182 Å². The van der Waals surface area contributed by atoms with Crippen molar-refractivity contribution >= 4 is 11.6 Å². The molecular formula is C22H34F3N5O. The summed E-state index contributed by atoms with van der Waals surface area (Å²) in [4.78, 5) is 8.80. The van der Waals surface area contributed by atoms with Crippen LogP contribution in [-0.2, 0) is 17.5 Å². The summed E-state index contributed by atoms with van der Waals surface area (Å²) < 4.78 is 46.6. The van der Waals surface area contributed by atoms with Crippen LogP contribution in [0.5, 0.6) is 0 Å². The predicted octanol–water partition coefficient (Wildman–Crippen LogP) is 3.08. The third-order valence-electron chi connectivity index (χ3n) is 5.94. The standard InChI is InChI=1S/C22H34F3N5O/c1-3-26-21(28-16-19-6-5-9-29(19)4-2)27-15-17-7-8-18(14-20(17)22(23,24)25)30-10-12-31-13-11-30/h7-8,14,19H,3-6,9-13,15-16H2,1-2H3,(H2,26,27,28). The first-order valence-corrected chi connectivity index (χ1v) is 11.2. The van der Waals surface area contributed by atoms with Gasteiger partial charge in [-0.05, 0) is 50.6 Å². The van der Waals surface area contributed by atoms with Gasteiger partial charge in [-0.1, -0.05) is 13.0 Å². The van der Waals surface area contributed by atoms with Gasteiger partial charge in [0.05, 0.1) is 25.3 Å². The van der Waals surface area contributed by atoms with Crippen LogP contribution in [0.25, 0.3) is 0 Å². The summed E-state index contributed by atoms with van der Waals surface area (Å²) in [5.74, 6) is 0.552. The summed E-state index contributed by atoms with van der Waals surface area (Å²) in [6.45, 7) is 9.81. The number of likely N-dealkylation sites (tertiary alicyclic amines) is 1. The SMILES string of the molecule is CCNC(=NCc1ccc(N2CCOCC2)cc1C(F)(F)F)NCC1CCCN1CC. The van der Waals surface area contributed by atoms with Crippen LogP contribution < -0.4 is 15.5 Å². The minimum atomic E-state index is -4.43. The first-order chi connectivity index (χ1) is 14.9. The molecule has 3 rings (SSSR count). The average molecular weight is 442 g/mol. The van der Waals surface area contributed by atoms with Crippen molar-refractivity contribution in [2.45, 2.75) is 45.5 Å². The molecule has 0 saturated carbocycles. The number of ether oxygens (including phenoxy) is 1. The van der Waals surface area contributed by atoms with Crippen LogP contribution in [0.2, 0.25) is 0 Å². The highest BCUT2D eigenvalue weighted by atomic mass is 19.4. The molecule has 0 aromatic heterocycles. The lowest BCUT2D eigenvalue weighted by Crippen LogP contribution is -2.44. The average Bonchev–Trinajstić information content (AvgIpc) is 3.23. The Bertz CT molecular complexity index is 734. The number of hydrogen-bond acceptors (Lipinski definition) is 4. The topological polar surface area (TPSA) is 52.1 Å². The fraction of sp³-hybridized carbons (Fsp3) is 0.682. The lowest BCUT2D eigenvalue weighted by Gasteiger charge is -2.29. The summed E-state index contributed by atoms with van der Waals surface area (Å²) in [5.41, 5.74) is 0.135. The second kappa shape index (κ2) is 11.0. The zero-order chi connectivity index (χ0) is 22.3. The smallest absolute Gasteiger partial charge is 0.378 e. The zero-order valence-corrected chi connectivity index (χ0v) is 18.5. The van der Waals surface area contributed by atoms with E-state index >= 15 is 0 Å². The second-order valence-corrected chi connectivity index (χ2v) is 7.94. The Morgan fingerprint density at radius 3 is 2.61 bits per heavy atom. The van der Waals surface area contributed by atoms with Gasteiger partial charge in [0.1, 0.15) is 0 Å². The molecule has 0 aliphatic carbocycles. The lowest BCUT2D eigenvalue weighted by molar-refractivity contribution is -0.138. The maximum Gasteiger partial charge on any atom is 0.416 e. The van der Waals surface area contributed by atoms with E-state index in [9.17, 15) is 13.2 Å². The fourth-order valence-corrected chi connectivity index (χ4v) is 4.25. The highest BCUT2D eigenvalue weighted by Crippen LogP contribution is 2.35. The molecular weight excluding hydrogens is 407 g/mol. The molecule has 0 amide bonds. The summed E-state index contributed by atoms with van der Waals surface area (Å²) in [6, 6.07) is 4.99. The van der Waals surface area contributed by atoms with Crippen LogP contribution >= 0.6 is 0 Å². The van der Waals surface area contributed by atoms with Crippen molar-refractivity contribution in [1.82, 2.24) is 15.5 Å². The van der Waals surface area contributed by atoms with Crippen molar-refractivity contribution in [1.29, 1.82) is 0 Å². The summed E-state index contributed by atoms with van der Waals surface area (Å²) in [7, 11) is 0. The van der Waals surface area contributed by atoms with Crippen LogP contribution in [0.1, 0.15) is 37.8 Å². The third kappa shape index (κ3) is 6.49. The number of likely N-dealkylation sites (N-methyl/N-ethyl adjacent to an activating group) is 1. The van der Waals surface area contributed by atoms with Gasteiger partial charge in [-0.3, -0.25) is 4.90 Å².